The van der Waals surface area contributed by atoms with Gasteiger partial charge in [0.1, 0.15) is 41.1 Å². The van der Waals surface area contributed by atoms with Gasteiger partial charge in [0, 0.05) is 0 Å². The number of aromatic nitrogens is 6. The molecule has 5 rings (SSSR count). The maximum Gasteiger partial charge on any atom is 0.267 e. The number of aliphatic hydroxyl groups is 1. The van der Waals surface area contributed by atoms with Gasteiger partial charge in [-0.05, 0) is 48.8 Å². The molecule has 0 unspecified atom stereocenters. The molecule has 9 nitrogen and oxygen atoms in total. The van der Waals surface area contributed by atoms with Crippen molar-refractivity contribution < 1.29 is 5.11 Å². The molecule has 1 aromatic carbocycles. The van der Waals surface area contributed by atoms with Gasteiger partial charge in [-0.25, -0.2) is 19.6 Å². The topological polar surface area (TPSA) is 125 Å². The lowest BCUT2D eigenvalue weighted by Crippen LogP contribution is -2.26. The fourth-order valence-electron chi connectivity index (χ4n) is 4.09. The quantitative estimate of drug-likeness (QED) is 0.375. The van der Waals surface area contributed by atoms with Crippen molar-refractivity contribution in [2.75, 3.05) is 5.73 Å². The second kappa shape index (κ2) is 8.94. The van der Waals surface area contributed by atoms with Crippen molar-refractivity contribution in [1.82, 2.24) is 29.3 Å². The zero-order valence-electron chi connectivity index (χ0n) is 19.5. The first kappa shape index (κ1) is 22.7. The van der Waals surface area contributed by atoms with Crippen LogP contribution in [0.15, 0.2) is 40.8 Å². The minimum atomic E-state index is -0.831. The van der Waals surface area contributed by atoms with Gasteiger partial charge < -0.3 is 10.8 Å². The van der Waals surface area contributed by atoms with E-state index in [-0.39, 0.29) is 17.9 Å². The van der Waals surface area contributed by atoms with Crippen molar-refractivity contribution >= 4 is 38.4 Å². The number of nitrogen functional groups attached to an aromatic ring is 1. The molecule has 0 saturated carbocycles. The maximum absolute atomic E-state index is 13.8. The minimum absolute atomic E-state index is 0.121. The van der Waals surface area contributed by atoms with Crippen molar-refractivity contribution in [2.45, 2.75) is 39.8 Å². The van der Waals surface area contributed by atoms with Gasteiger partial charge in [-0.2, -0.15) is 5.10 Å². The number of hydrogen-bond donors (Lipinski definition) is 2. The second-order valence-corrected chi connectivity index (χ2v) is 9.02. The highest BCUT2D eigenvalue weighted by atomic mass is 32.1. The van der Waals surface area contributed by atoms with Crippen LogP contribution in [0, 0.1) is 18.8 Å². The minimum Gasteiger partial charge on any atom is -0.383 e. The Morgan fingerprint density at radius 2 is 2.03 bits per heavy atom. The first-order valence-electron chi connectivity index (χ1n) is 11.1. The molecule has 0 aliphatic rings. The zero-order chi connectivity index (χ0) is 24.7. The summed E-state index contributed by atoms with van der Waals surface area (Å²) < 4.78 is 3.29. The predicted octanol–water partition coefficient (Wildman–Crippen LogP) is 2.82. The highest BCUT2D eigenvalue weighted by Gasteiger charge is 2.21. The monoisotopic (exact) mass is 485 g/mol. The molecule has 0 aliphatic carbocycles. The molecular weight excluding hydrogens is 462 g/mol. The number of aliphatic hydroxyl groups excluding tert-OH is 1. The van der Waals surface area contributed by atoms with E-state index >= 15 is 0 Å². The number of hydrogen-bond acceptors (Lipinski definition) is 8. The summed E-state index contributed by atoms with van der Waals surface area (Å²) in [5, 5.41) is 17.3. The number of thiophene rings is 1. The van der Waals surface area contributed by atoms with Crippen molar-refractivity contribution in [1.29, 1.82) is 0 Å². The zero-order valence-corrected chi connectivity index (χ0v) is 20.3. The second-order valence-electron chi connectivity index (χ2n) is 8.16. The average molecular weight is 486 g/mol. The van der Waals surface area contributed by atoms with E-state index < -0.39 is 6.10 Å². The fraction of sp³-hybridized carbons (Fsp3) is 0.240. The summed E-state index contributed by atoms with van der Waals surface area (Å²) in [5.41, 5.74) is 9.55. The van der Waals surface area contributed by atoms with Crippen LogP contribution in [-0.4, -0.2) is 40.5 Å². The van der Waals surface area contributed by atoms with Crippen LogP contribution in [0.25, 0.3) is 26.9 Å². The molecule has 0 saturated heterocycles. The molecule has 176 valence electrons. The van der Waals surface area contributed by atoms with E-state index in [1.807, 2.05) is 36.6 Å². The number of para-hydroxylation sites is 1. The number of fused-ring (bicyclic) bond motifs is 2. The summed E-state index contributed by atoms with van der Waals surface area (Å²) in [7, 11) is 0. The third-order valence-electron chi connectivity index (χ3n) is 5.72. The Hall–Kier alpha value is -4.07. The Bertz CT molecular complexity index is 1700. The van der Waals surface area contributed by atoms with Crippen molar-refractivity contribution in [2.24, 2.45) is 0 Å². The van der Waals surface area contributed by atoms with Crippen LogP contribution in [0.2, 0.25) is 0 Å². The van der Waals surface area contributed by atoms with Gasteiger partial charge in [-0.3, -0.25) is 9.36 Å². The molecule has 0 bridgehead atoms. The number of aryl methyl sites for hydroxylation is 2. The third kappa shape index (κ3) is 3.95. The van der Waals surface area contributed by atoms with E-state index in [0.717, 1.165) is 23.2 Å². The van der Waals surface area contributed by atoms with Crippen LogP contribution in [-0.2, 0) is 13.0 Å². The van der Waals surface area contributed by atoms with Crippen LogP contribution >= 0.6 is 11.3 Å². The molecule has 4 aromatic heterocycles. The lowest BCUT2D eigenvalue weighted by molar-refractivity contribution is 0.253. The first-order chi connectivity index (χ1) is 16.9. The van der Waals surface area contributed by atoms with Crippen LogP contribution < -0.4 is 11.3 Å². The van der Waals surface area contributed by atoms with E-state index in [0.29, 0.717) is 32.8 Å². The van der Waals surface area contributed by atoms with E-state index in [1.165, 1.54) is 17.7 Å². The lowest BCUT2D eigenvalue weighted by atomic mass is 10.1. The van der Waals surface area contributed by atoms with Gasteiger partial charge in [0.25, 0.3) is 5.56 Å². The molecular formula is C25H23N7O2S. The van der Waals surface area contributed by atoms with E-state index in [9.17, 15) is 9.90 Å². The Kier molecular flexibility index (Phi) is 5.80. The van der Waals surface area contributed by atoms with E-state index in [2.05, 4.69) is 33.8 Å². The summed E-state index contributed by atoms with van der Waals surface area (Å²) >= 11 is 1.44. The van der Waals surface area contributed by atoms with Crippen LogP contribution in [0.3, 0.4) is 0 Å². The molecule has 35 heavy (non-hydrogen) atoms. The van der Waals surface area contributed by atoms with Gasteiger partial charge >= 0.3 is 0 Å². The highest BCUT2D eigenvalue weighted by molar-refractivity contribution is 7.16. The molecule has 10 heteroatoms. The first-order valence-corrected chi connectivity index (χ1v) is 12.0. The van der Waals surface area contributed by atoms with E-state index in [1.54, 1.807) is 16.2 Å². The number of nitrogens with two attached hydrogens (primary N) is 1. The SMILES string of the molecule is CCc1ccccc1-n1c(Cn2nc(C#C[C@@H](C)O)c3c(N)ncnc32)nc2scc(C)c2c1=O. The predicted molar refractivity (Wildman–Crippen MR) is 137 cm³/mol. The normalized spacial score (nSPS) is 12.1. The molecule has 3 N–H and O–H groups in total. The van der Waals surface area contributed by atoms with Gasteiger partial charge in [-0.15, -0.1) is 11.3 Å². The molecule has 0 aliphatic heterocycles. The molecule has 5 aromatic rings. The molecule has 4 heterocycles. The number of anilines is 1. The summed E-state index contributed by atoms with van der Waals surface area (Å²) in [6.07, 6.45) is 1.29. The van der Waals surface area contributed by atoms with Crippen molar-refractivity contribution in [3.8, 4) is 17.5 Å². The van der Waals surface area contributed by atoms with Crippen LogP contribution in [0.4, 0.5) is 5.82 Å². The summed E-state index contributed by atoms with van der Waals surface area (Å²) in [6.45, 7) is 5.70. The standard InChI is InChI=1S/C25H23N7O2S/c1-4-16-7-5-6-8-18(16)32-19(29-24-20(25(32)34)14(2)12-35-24)11-31-23-21(22(26)27-13-28-23)17(30-31)10-9-15(3)33/h5-8,12-13,15,33H,4,11H2,1-3H3,(H2,26,27,28)/t15-/m1/s1. The molecule has 0 radical (unpaired) electrons. The molecule has 0 amide bonds. The number of rotatable bonds is 4. The molecule has 0 spiro atoms. The summed E-state index contributed by atoms with van der Waals surface area (Å²) in [4.78, 5) is 27.8. The largest absolute Gasteiger partial charge is 0.383 e. The Balaban J connectivity index is 1.77. The van der Waals surface area contributed by atoms with Crippen LogP contribution in [0.1, 0.15) is 36.5 Å². The maximum atomic E-state index is 13.8. The number of nitrogens with zero attached hydrogens (tertiary/aromatic N) is 6. The Morgan fingerprint density at radius 1 is 1.23 bits per heavy atom. The molecule has 1 atom stereocenters. The highest BCUT2D eigenvalue weighted by Crippen LogP contribution is 2.25. The molecule has 0 fully saturated rings. The Labute approximate surface area is 204 Å². The number of benzene rings is 1. The van der Waals surface area contributed by atoms with Gasteiger partial charge in [0.15, 0.2) is 5.65 Å². The van der Waals surface area contributed by atoms with Crippen molar-refractivity contribution in [3.05, 3.63) is 69.0 Å². The van der Waals surface area contributed by atoms with Crippen molar-refractivity contribution in [3.63, 3.8) is 0 Å². The lowest BCUT2D eigenvalue weighted by Gasteiger charge is -2.16. The summed E-state index contributed by atoms with van der Waals surface area (Å²) in [6, 6.07) is 7.82. The van der Waals surface area contributed by atoms with E-state index in [4.69, 9.17) is 10.7 Å². The van der Waals surface area contributed by atoms with Gasteiger partial charge in [0.2, 0.25) is 0 Å². The third-order valence-corrected chi connectivity index (χ3v) is 6.71. The summed E-state index contributed by atoms with van der Waals surface area (Å²) in [5.74, 6) is 6.31. The fourth-order valence-corrected chi connectivity index (χ4v) is 5.02. The van der Waals surface area contributed by atoms with Crippen LogP contribution in [0.5, 0.6) is 0 Å². The van der Waals surface area contributed by atoms with Gasteiger partial charge in [0.05, 0.1) is 16.5 Å². The van der Waals surface area contributed by atoms with Gasteiger partial charge in [-0.1, -0.05) is 31.0 Å². The average Bonchev–Trinajstić information content (AvgIpc) is 3.39. The Morgan fingerprint density at radius 3 is 2.80 bits per heavy atom. The smallest absolute Gasteiger partial charge is 0.267 e.